The summed E-state index contributed by atoms with van der Waals surface area (Å²) >= 11 is 0. The van der Waals surface area contributed by atoms with E-state index in [0.29, 0.717) is 6.04 Å². The van der Waals surface area contributed by atoms with Gasteiger partial charge in [-0.2, -0.15) is 0 Å². The summed E-state index contributed by atoms with van der Waals surface area (Å²) in [4.78, 5) is 0. The lowest BCUT2D eigenvalue weighted by Crippen LogP contribution is -2.15. The molecule has 1 nitrogen and oxygen atoms in total. The normalized spacial score (nSPS) is 30.0. The Morgan fingerprint density at radius 1 is 1.56 bits per heavy atom. The maximum atomic E-state index is 5.74. The largest absolute Gasteiger partial charge is 0.328 e. The highest BCUT2D eigenvalue weighted by Gasteiger charge is 2.24. The van der Waals surface area contributed by atoms with Gasteiger partial charge in [-0.05, 0) is 31.1 Å². The molecule has 1 atom stereocenters. The van der Waals surface area contributed by atoms with Crippen LogP contribution in [-0.2, 0) is 0 Å². The Morgan fingerprint density at radius 2 is 2.22 bits per heavy atom. The molecule has 0 aliphatic heterocycles. The van der Waals surface area contributed by atoms with Crippen molar-refractivity contribution < 1.29 is 0 Å². The minimum absolute atomic E-state index is 0.474. The first-order valence-corrected chi connectivity index (χ1v) is 3.80. The zero-order valence-electron chi connectivity index (χ0n) is 6.35. The van der Waals surface area contributed by atoms with E-state index in [2.05, 4.69) is 13.8 Å². The number of hydrogen-bond acceptors (Lipinski definition) is 1. The van der Waals surface area contributed by atoms with Crippen LogP contribution in [0.15, 0.2) is 0 Å². The van der Waals surface area contributed by atoms with Crippen molar-refractivity contribution in [3.63, 3.8) is 0 Å². The summed E-state index contributed by atoms with van der Waals surface area (Å²) in [6.45, 7) is 4.51. The van der Waals surface area contributed by atoms with Gasteiger partial charge in [-0.1, -0.05) is 13.8 Å². The second kappa shape index (κ2) is 2.70. The Balaban J connectivity index is 2.30. The molecule has 1 rings (SSSR count). The molecule has 0 bridgehead atoms. The van der Waals surface area contributed by atoms with Crippen LogP contribution in [0.25, 0.3) is 0 Å². The van der Waals surface area contributed by atoms with Gasteiger partial charge < -0.3 is 5.73 Å². The summed E-state index contributed by atoms with van der Waals surface area (Å²) in [6.07, 6.45) is 3.67. The first-order chi connectivity index (χ1) is 4.20. The van der Waals surface area contributed by atoms with Crippen molar-refractivity contribution in [2.75, 3.05) is 0 Å². The van der Waals surface area contributed by atoms with E-state index in [4.69, 9.17) is 5.73 Å². The summed E-state index contributed by atoms with van der Waals surface area (Å²) in [7, 11) is 0. The third-order valence-corrected chi connectivity index (χ3v) is 2.18. The van der Waals surface area contributed by atoms with Crippen LogP contribution in [0.3, 0.4) is 0 Å². The summed E-state index contributed by atoms with van der Waals surface area (Å²) in [5.41, 5.74) is 5.74. The Labute approximate surface area is 57.6 Å². The molecule has 1 aliphatic carbocycles. The van der Waals surface area contributed by atoms with Crippen LogP contribution in [0, 0.1) is 11.8 Å². The van der Waals surface area contributed by atoms with Gasteiger partial charge in [-0.25, -0.2) is 0 Å². The molecule has 1 unspecified atom stereocenters. The highest BCUT2D eigenvalue weighted by atomic mass is 14.6. The summed E-state index contributed by atoms with van der Waals surface area (Å²) in [5, 5.41) is 0. The third kappa shape index (κ3) is 1.68. The fourth-order valence-electron chi connectivity index (χ4n) is 1.44. The Kier molecular flexibility index (Phi) is 2.12. The molecule has 9 heavy (non-hydrogen) atoms. The van der Waals surface area contributed by atoms with Gasteiger partial charge in [-0.3, -0.25) is 0 Å². The van der Waals surface area contributed by atoms with Gasteiger partial charge in [0.05, 0.1) is 0 Å². The quantitative estimate of drug-likeness (QED) is 0.569. The molecule has 0 aromatic heterocycles. The molecular weight excluding hydrogens is 110 g/mol. The monoisotopic (exact) mass is 126 g/mol. The van der Waals surface area contributed by atoms with E-state index in [-0.39, 0.29) is 0 Å². The molecule has 0 saturated heterocycles. The van der Waals surface area contributed by atoms with Gasteiger partial charge in [-0.15, -0.1) is 0 Å². The maximum Gasteiger partial charge on any atom is 0.00446 e. The van der Waals surface area contributed by atoms with Crippen molar-refractivity contribution >= 4 is 0 Å². The number of hydrogen-bond donors (Lipinski definition) is 1. The zero-order chi connectivity index (χ0) is 6.85. The molecule has 1 fully saturated rings. The second-order valence-corrected chi connectivity index (χ2v) is 3.32. The third-order valence-electron chi connectivity index (χ3n) is 2.18. The number of rotatable bonds is 1. The smallest absolute Gasteiger partial charge is 0.00446 e. The highest BCUT2D eigenvalue weighted by Crippen LogP contribution is 2.31. The van der Waals surface area contributed by atoms with Crippen molar-refractivity contribution in [2.45, 2.75) is 39.2 Å². The molecule has 1 radical (unpaired) electrons. The minimum atomic E-state index is 0.474. The summed E-state index contributed by atoms with van der Waals surface area (Å²) in [5.74, 6) is 2.43. The molecular formula is C8H16N. The predicted molar refractivity (Wildman–Crippen MR) is 39.9 cm³/mol. The molecule has 0 amide bonds. The first kappa shape index (κ1) is 7.07. The standard InChI is InChI=1S/C8H16N/c1-6(2)7-3-4-8(9)5-7/h6,8H,3-5,9H2,1-2H3. The van der Waals surface area contributed by atoms with Crippen LogP contribution in [0.5, 0.6) is 0 Å². The SMILES string of the molecule is CC(C)[C]1CCC(N)C1. The van der Waals surface area contributed by atoms with E-state index in [9.17, 15) is 0 Å². The predicted octanol–water partition coefficient (Wildman–Crippen LogP) is 1.73. The molecule has 0 heterocycles. The minimum Gasteiger partial charge on any atom is -0.328 e. The van der Waals surface area contributed by atoms with Crippen LogP contribution in [-0.4, -0.2) is 6.04 Å². The molecule has 0 aromatic carbocycles. The van der Waals surface area contributed by atoms with Gasteiger partial charge in [0.25, 0.3) is 0 Å². The van der Waals surface area contributed by atoms with Gasteiger partial charge >= 0.3 is 0 Å². The molecule has 53 valence electrons. The van der Waals surface area contributed by atoms with Crippen molar-refractivity contribution in [3.05, 3.63) is 5.92 Å². The van der Waals surface area contributed by atoms with Crippen molar-refractivity contribution in [2.24, 2.45) is 11.7 Å². The molecule has 1 heteroatoms. The lowest BCUT2D eigenvalue weighted by molar-refractivity contribution is 0.609. The van der Waals surface area contributed by atoms with Gasteiger partial charge in [0.15, 0.2) is 0 Å². The Morgan fingerprint density at radius 3 is 2.44 bits per heavy atom. The maximum absolute atomic E-state index is 5.74. The van der Waals surface area contributed by atoms with E-state index in [1.807, 2.05) is 0 Å². The van der Waals surface area contributed by atoms with Crippen molar-refractivity contribution in [1.29, 1.82) is 0 Å². The molecule has 1 saturated carbocycles. The van der Waals surface area contributed by atoms with E-state index in [0.717, 1.165) is 5.92 Å². The van der Waals surface area contributed by atoms with Gasteiger partial charge in [0, 0.05) is 6.04 Å². The fraction of sp³-hybridized carbons (Fsp3) is 0.875. The van der Waals surface area contributed by atoms with Crippen LogP contribution in [0.2, 0.25) is 0 Å². The first-order valence-electron chi connectivity index (χ1n) is 3.80. The van der Waals surface area contributed by atoms with E-state index >= 15 is 0 Å². The lowest BCUT2D eigenvalue weighted by Gasteiger charge is -2.11. The Bertz CT molecular complexity index is 88.6. The number of nitrogens with two attached hydrogens (primary N) is 1. The summed E-state index contributed by atoms with van der Waals surface area (Å²) in [6, 6.07) is 0.474. The highest BCUT2D eigenvalue weighted by molar-refractivity contribution is 5.01. The fourth-order valence-corrected chi connectivity index (χ4v) is 1.44. The van der Waals surface area contributed by atoms with Crippen molar-refractivity contribution in [1.82, 2.24) is 0 Å². The van der Waals surface area contributed by atoms with Gasteiger partial charge in [0.1, 0.15) is 0 Å². The van der Waals surface area contributed by atoms with Crippen molar-refractivity contribution in [3.8, 4) is 0 Å². The molecule has 1 aliphatic rings. The Hall–Kier alpha value is -0.0400. The summed E-state index contributed by atoms with van der Waals surface area (Å²) < 4.78 is 0. The van der Waals surface area contributed by atoms with E-state index < -0.39 is 0 Å². The van der Waals surface area contributed by atoms with E-state index in [1.54, 1.807) is 5.92 Å². The molecule has 2 N–H and O–H groups in total. The van der Waals surface area contributed by atoms with Crippen LogP contribution < -0.4 is 5.73 Å². The zero-order valence-corrected chi connectivity index (χ0v) is 6.35. The van der Waals surface area contributed by atoms with Crippen LogP contribution >= 0.6 is 0 Å². The molecule has 0 spiro atoms. The van der Waals surface area contributed by atoms with Gasteiger partial charge in [0.2, 0.25) is 0 Å². The van der Waals surface area contributed by atoms with Crippen LogP contribution in [0.4, 0.5) is 0 Å². The average molecular weight is 126 g/mol. The topological polar surface area (TPSA) is 26.0 Å². The van der Waals surface area contributed by atoms with E-state index in [1.165, 1.54) is 19.3 Å². The lowest BCUT2D eigenvalue weighted by atomic mass is 9.94. The average Bonchev–Trinajstić information content (AvgIpc) is 2.14. The second-order valence-electron chi connectivity index (χ2n) is 3.32. The van der Waals surface area contributed by atoms with Crippen LogP contribution in [0.1, 0.15) is 33.1 Å². The molecule has 0 aromatic rings.